The lowest BCUT2D eigenvalue weighted by atomic mass is 10.0. The smallest absolute Gasteiger partial charge is 0.253 e. The van der Waals surface area contributed by atoms with E-state index in [0.29, 0.717) is 24.6 Å². The SMILES string of the molecule is COc1ccc(C(=O)N2CCN(c3ccc(NC(=S)NC(=O)/C=C/c4ccc(C(C)C)cc4)cc3)CC2)cc1. The quantitative estimate of drug-likeness (QED) is 0.312. The molecule has 0 aliphatic carbocycles. The highest BCUT2D eigenvalue weighted by atomic mass is 32.1. The van der Waals surface area contributed by atoms with E-state index in [-0.39, 0.29) is 16.9 Å². The van der Waals surface area contributed by atoms with Crippen LogP contribution in [0.4, 0.5) is 11.4 Å². The van der Waals surface area contributed by atoms with Crippen molar-refractivity contribution in [3.05, 3.63) is 95.6 Å². The van der Waals surface area contributed by atoms with Crippen molar-refractivity contribution in [2.24, 2.45) is 0 Å². The molecule has 1 heterocycles. The third-order valence-electron chi connectivity index (χ3n) is 6.66. The molecule has 0 spiro atoms. The van der Waals surface area contributed by atoms with E-state index in [2.05, 4.69) is 41.5 Å². The van der Waals surface area contributed by atoms with Crippen molar-refractivity contribution in [3.63, 3.8) is 0 Å². The first kappa shape index (κ1) is 27.9. The van der Waals surface area contributed by atoms with Crippen LogP contribution >= 0.6 is 12.2 Å². The van der Waals surface area contributed by atoms with E-state index in [0.717, 1.165) is 35.8 Å². The average Bonchev–Trinajstić information content (AvgIpc) is 2.96. The number of hydrogen-bond acceptors (Lipinski definition) is 5. The lowest BCUT2D eigenvalue weighted by molar-refractivity contribution is -0.115. The Morgan fingerprint density at radius 1 is 0.897 bits per heavy atom. The first-order valence-electron chi connectivity index (χ1n) is 13.0. The fourth-order valence-electron chi connectivity index (χ4n) is 4.32. The Kier molecular flexibility index (Phi) is 9.33. The highest BCUT2D eigenvalue weighted by Gasteiger charge is 2.22. The highest BCUT2D eigenvalue weighted by Crippen LogP contribution is 2.21. The molecule has 0 saturated carbocycles. The summed E-state index contributed by atoms with van der Waals surface area (Å²) in [5.74, 6) is 0.943. The van der Waals surface area contributed by atoms with Gasteiger partial charge in [-0.1, -0.05) is 38.1 Å². The average molecular weight is 543 g/mol. The molecule has 0 unspecified atom stereocenters. The maximum absolute atomic E-state index is 12.8. The summed E-state index contributed by atoms with van der Waals surface area (Å²) in [5.41, 5.74) is 4.73. The van der Waals surface area contributed by atoms with Crippen molar-refractivity contribution in [3.8, 4) is 5.75 Å². The number of benzene rings is 3. The van der Waals surface area contributed by atoms with E-state index in [1.807, 2.05) is 41.3 Å². The molecule has 202 valence electrons. The van der Waals surface area contributed by atoms with Gasteiger partial charge in [0.1, 0.15) is 5.75 Å². The van der Waals surface area contributed by atoms with Crippen LogP contribution in [0.1, 0.15) is 41.3 Å². The fourth-order valence-corrected chi connectivity index (χ4v) is 4.54. The summed E-state index contributed by atoms with van der Waals surface area (Å²) in [6.07, 6.45) is 3.24. The summed E-state index contributed by atoms with van der Waals surface area (Å²) in [5, 5.41) is 5.97. The Bertz CT molecular complexity index is 1310. The van der Waals surface area contributed by atoms with Crippen LogP contribution in [0.15, 0.2) is 78.9 Å². The van der Waals surface area contributed by atoms with Crippen molar-refractivity contribution in [1.82, 2.24) is 10.2 Å². The maximum atomic E-state index is 12.8. The zero-order valence-corrected chi connectivity index (χ0v) is 23.3. The van der Waals surface area contributed by atoms with Crippen LogP contribution in [0, 0.1) is 0 Å². The molecule has 1 saturated heterocycles. The summed E-state index contributed by atoms with van der Waals surface area (Å²) >= 11 is 5.31. The highest BCUT2D eigenvalue weighted by molar-refractivity contribution is 7.80. The molecule has 7 nitrogen and oxygen atoms in total. The zero-order valence-electron chi connectivity index (χ0n) is 22.5. The second-order valence-corrected chi connectivity index (χ2v) is 10.1. The van der Waals surface area contributed by atoms with Crippen LogP contribution in [-0.2, 0) is 4.79 Å². The Morgan fingerprint density at radius 3 is 2.13 bits per heavy atom. The summed E-state index contributed by atoms with van der Waals surface area (Å²) in [7, 11) is 1.61. The van der Waals surface area contributed by atoms with Crippen molar-refractivity contribution in [2.75, 3.05) is 43.5 Å². The van der Waals surface area contributed by atoms with E-state index in [4.69, 9.17) is 17.0 Å². The van der Waals surface area contributed by atoms with Gasteiger partial charge in [0.05, 0.1) is 7.11 Å². The molecule has 1 aliphatic rings. The summed E-state index contributed by atoms with van der Waals surface area (Å²) in [4.78, 5) is 29.2. The number of carbonyl (C=O) groups excluding carboxylic acids is 2. The van der Waals surface area contributed by atoms with E-state index in [1.54, 1.807) is 37.5 Å². The van der Waals surface area contributed by atoms with Gasteiger partial charge < -0.3 is 19.9 Å². The van der Waals surface area contributed by atoms with Gasteiger partial charge in [0.2, 0.25) is 5.91 Å². The van der Waals surface area contributed by atoms with Gasteiger partial charge in [-0.2, -0.15) is 0 Å². The topological polar surface area (TPSA) is 73.9 Å². The van der Waals surface area contributed by atoms with Crippen molar-refractivity contribution in [2.45, 2.75) is 19.8 Å². The lowest BCUT2D eigenvalue weighted by Crippen LogP contribution is -2.48. The van der Waals surface area contributed by atoms with Gasteiger partial charge in [-0.15, -0.1) is 0 Å². The standard InChI is InChI=1S/C31H34N4O3S/c1-22(2)24-7-4-23(5-8-24)6-17-29(36)33-31(39)32-26-11-13-27(14-12-26)34-18-20-35(21-19-34)30(37)25-9-15-28(38-3)16-10-25/h4-17,22H,18-21H2,1-3H3,(H2,32,33,36,39)/b17-6+. The van der Waals surface area contributed by atoms with Crippen LogP contribution in [0.25, 0.3) is 6.08 Å². The first-order valence-corrected chi connectivity index (χ1v) is 13.4. The maximum Gasteiger partial charge on any atom is 0.253 e. The molecule has 3 aromatic rings. The fraction of sp³-hybridized carbons (Fsp3) is 0.258. The van der Waals surface area contributed by atoms with Crippen molar-refractivity contribution < 1.29 is 14.3 Å². The molecule has 0 aromatic heterocycles. The molecule has 0 atom stereocenters. The molecule has 2 amide bonds. The van der Waals surface area contributed by atoms with Crippen molar-refractivity contribution >= 4 is 46.6 Å². The predicted molar refractivity (Wildman–Crippen MR) is 161 cm³/mol. The minimum absolute atomic E-state index is 0.0336. The van der Waals surface area contributed by atoms with Gasteiger partial charge in [-0.25, -0.2) is 0 Å². The van der Waals surface area contributed by atoms with Crippen LogP contribution in [0.2, 0.25) is 0 Å². The van der Waals surface area contributed by atoms with Gasteiger partial charge in [0, 0.05) is 49.2 Å². The second kappa shape index (κ2) is 13.1. The normalized spacial score (nSPS) is 13.4. The number of thiocarbonyl (C=S) groups is 1. The van der Waals surface area contributed by atoms with E-state index < -0.39 is 0 Å². The summed E-state index contributed by atoms with van der Waals surface area (Å²) < 4.78 is 5.17. The molecule has 2 N–H and O–H groups in total. The Balaban J connectivity index is 1.23. The number of rotatable bonds is 7. The zero-order chi connectivity index (χ0) is 27.8. The van der Waals surface area contributed by atoms with E-state index >= 15 is 0 Å². The molecule has 3 aromatic carbocycles. The molecule has 39 heavy (non-hydrogen) atoms. The number of methoxy groups -OCH3 is 1. The monoisotopic (exact) mass is 542 g/mol. The van der Waals surface area contributed by atoms with E-state index in [1.165, 1.54) is 11.6 Å². The number of nitrogens with one attached hydrogen (secondary N) is 2. The number of ether oxygens (including phenoxy) is 1. The Hall–Kier alpha value is -4.17. The summed E-state index contributed by atoms with van der Waals surface area (Å²) in [6.45, 7) is 7.09. The molecular weight excluding hydrogens is 508 g/mol. The minimum atomic E-state index is -0.292. The number of hydrogen-bond donors (Lipinski definition) is 2. The van der Waals surface area contributed by atoms with E-state index in [9.17, 15) is 9.59 Å². The van der Waals surface area contributed by atoms with Crippen LogP contribution < -0.4 is 20.3 Å². The second-order valence-electron chi connectivity index (χ2n) is 9.65. The lowest BCUT2D eigenvalue weighted by Gasteiger charge is -2.36. The molecule has 1 fully saturated rings. The molecule has 8 heteroatoms. The number of nitrogens with zero attached hydrogens (tertiary/aromatic N) is 2. The number of amides is 2. The van der Waals surface area contributed by atoms with Gasteiger partial charge in [0.15, 0.2) is 5.11 Å². The molecule has 0 radical (unpaired) electrons. The Morgan fingerprint density at radius 2 is 1.54 bits per heavy atom. The minimum Gasteiger partial charge on any atom is -0.497 e. The third kappa shape index (κ3) is 7.67. The summed E-state index contributed by atoms with van der Waals surface area (Å²) in [6, 6.07) is 23.2. The van der Waals surface area contributed by atoms with Crippen LogP contribution in [0.3, 0.4) is 0 Å². The van der Waals surface area contributed by atoms with Gasteiger partial charge in [-0.3, -0.25) is 14.9 Å². The molecule has 1 aliphatic heterocycles. The van der Waals surface area contributed by atoms with Gasteiger partial charge >= 0.3 is 0 Å². The number of carbonyl (C=O) groups is 2. The Labute approximate surface area is 235 Å². The largest absolute Gasteiger partial charge is 0.497 e. The third-order valence-corrected chi connectivity index (χ3v) is 6.87. The molecular formula is C31H34N4O3S. The molecule has 4 rings (SSSR count). The first-order chi connectivity index (χ1) is 18.8. The predicted octanol–water partition coefficient (Wildman–Crippen LogP) is 5.31. The van der Waals surface area contributed by atoms with Gasteiger partial charge in [0.25, 0.3) is 5.91 Å². The van der Waals surface area contributed by atoms with Crippen molar-refractivity contribution in [1.29, 1.82) is 0 Å². The number of anilines is 2. The number of piperazine rings is 1. The molecule has 0 bridgehead atoms. The van der Waals surface area contributed by atoms with Crippen LogP contribution in [-0.4, -0.2) is 55.1 Å². The van der Waals surface area contributed by atoms with Gasteiger partial charge in [-0.05, 0) is 83.9 Å². The van der Waals surface area contributed by atoms with Crippen LogP contribution in [0.5, 0.6) is 5.75 Å².